The zero-order valence-electron chi connectivity index (χ0n) is 11.2. The van der Waals surface area contributed by atoms with Crippen LogP contribution in [0.15, 0.2) is 47.8 Å². The molecular formula is C16H16N2Si. The summed E-state index contributed by atoms with van der Waals surface area (Å²) in [5.74, 6) is 0. The van der Waals surface area contributed by atoms with E-state index in [9.17, 15) is 0 Å². The van der Waals surface area contributed by atoms with E-state index in [1.807, 2.05) is 26.2 Å². The Morgan fingerprint density at radius 2 is 1.68 bits per heavy atom. The largest absolute Gasteiger partial charge is 0.378 e. The molecule has 0 fully saturated rings. The minimum absolute atomic E-state index is 0.734. The van der Waals surface area contributed by atoms with E-state index in [4.69, 9.17) is 5.26 Å². The highest BCUT2D eigenvalue weighted by molar-refractivity contribution is 6.66. The van der Waals surface area contributed by atoms with Crippen molar-refractivity contribution in [2.75, 3.05) is 19.0 Å². The molecule has 0 amide bonds. The molecule has 1 heterocycles. The predicted molar refractivity (Wildman–Crippen MR) is 83.1 cm³/mol. The predicted octanol–water partition coefficient (Wildman–Crippen LogP) is 3.28. The summed E-state index contributed by atoms with van der Waals surface area (Å²) in [6.45, 7) is 0. The van der Waals surface area contributed by atoms with Gasteiger partial charge in [0.25, 0.3) is 0 Å². The number of anilines is 1. The first-order valence-electron chi connectivity index (χ1n) is 6.15. The van der Waals surface area contributed by atoms with Crippen LogP contribution < -0.4 is 4.90 Å². The van der Waals surface area contributed by atoms with Gasteiger partial charge in [-0.2, -0.15) is 5.26 Å². The Bertz CT molecular complexity index is 605. The molecule has 0 radical (unpaired) electrons. The first-order valence-corrected chi connectivity index (χ1v) is 7.88. The fraction of sp³-hybridized carbons (Fsp3) is 0.125. The molecule has 2 rings (SSSR count). The van der Waals surface area contributed by atoms with Gasteiger partial charge in [-0.25, -0.2) is 0 Å². The Morgan fingerprint density at radius 1 is 1.05 bits per heavy atom. The molecule has 2 aromatic rings. The second-order valence-corrected chi connectivity index (χ2v) is 6.55. The molecule has 0 atom stereocenters. The first-order chi connectivity index (χ1) is 9.19. The van der Waals surface area contributed by atoms with Crippen LogP contribution in [0.3, 0.4) is 0 Å². The smallest absolute Gasteiger partial charge is 0.0991 e. The Morgan fingerprint density at radius 3 is 2.21 bits per heavy atom. The highest BCUT2D eigenvalue weighted by Crippen LogP contribution is 2.13. The zero-order chi connectivity index (χ0) is 13.7. The molecule has 0 aliphatic carbocycles. The molecule has 0 aliphatic rings. The summed E-state index contributed by atoms with van der Waals surface area (Å²) >= 11 is 0. The van der Waals surface area contributed by atoms with Gasteiger partial charge in [-0.3, -0.25) is 0 Å². The number of benzene rings is 1. The van der Waals surface area contributed by atoms with Crippen molar-refractivity contribution in [3.63, 3.8) is 0 Å². The zero-order valence-corrected chi connectivity index (χ0v) is 12.2. The molecule has 1 aromatic heterocycles. The Balaban J connectivity index is 2.11. The van der Waals surface area contributed by atoms with E-state index in [1.165, 1.54) is 11.3 Å². The van der Waals surface area contributed by atoms with E-state index in [2.05, 4.69) is 58.4 Å². The van der Waals surface area contributed by atoms with E-state index in [-0.39, 0.29) is 0 Å². The molecular weight excluding hydrogens is 248 g/mol. The van der Waals surface area contributed by atoms with Gasteiger partial charge >= 0.3 is 0 Å². The van der Waals surface area contributed by atoms with Gasteiger partial charge in [0.1, 0.15) is 0 Å². The topological polar surface area (TPSA) is 27.0 Å². The van der Waals surface area contributed by atoms with Gasteiger partial charge in [-0.05, 0) is 29.8 Å². The van der Waals surface area contributed by atoms with Crippen LogP contribution in [0.1, 0.15) is 11.1 Å². The van der Waals surface area contributed by atoms with E-state index >= 15 is 0 Å². The third-order valence-electron chi connectivity index (χ3n) is 2.92. The van der Waals surface area contributed by atoms with Gasteiger partial charge < -0.3 is 4.90 Å². The summed E-state index contributed by atoms with van der Waals surface area (Å²) in [6.07, 6.45) is 2.15. The average molecular weight is 264 g/mol. The summed E-state index contributed by atoms with van der Waals surface area (Å²) in [5.41, 5.74) is 9.65. The number of hydrogen-bond acceptors (Lipinski definition) is 2. The molecule has 1 aromatic carbocycles. The third-order valence-corrected chi connectivity index (χ3v) is 4.57. The fourth-order valence-electron chi connectivity index (χ4n) is 1.74. The molecule has 0 N–H and O–H groups in total. The lowest BCUT2D eigenvalue weighted by atomic mass is 10.2. The molecule has 0 spiro atoms. The monoisotopic (exact) mass is 264 g/mol. The van der Waals surface area contributed by atoms with Gasteiger partial charge in [0.15, 0.2) is 0 Å². The molecule has 19 heavy (non-hydrogen) atoms. The van der Waals surface area contributed by atoms with Crippen LogP contribution in [0.2, 0.25) is 0 Å². The van der Waals surface area contributed by atoms with Gasteiger partial charge in [0.05, 0.1) is 20.0 Å². The lowest BCUT2D eigenvalue weighted by molar-refractivity contribution is 1.13. The van der Waals surface area contributed by atoms with E-state index in [0.717, 1.165) is 5.56 Å². The minimum atomic E-state index is -0.738. The van der Waals surface area contributed by atoms with Crippen molar-refractivity contribution >= 4 is 25.9 Å². The van der Waals surface area contributed by atoms with Crippen molar-refractivity contribution in [3.05, 3.63) is 58.9 Å². The van der Waals surface area contributed by atoms with Crippen molar-refractivity contribution in [2.24, 2.45) is 0 Å². The maximum Gasteiger partial charge on any atom is 0.0991 e. The van der Waals surface area contributed by atoms with Crippen molar-refractivity contribution in [2.45, 2.75) is 0 Å². The number of rotatable bonds is 3. The maximum absolute atomic E-state index is 8.76. The Hall–Kier alpha value is -2.18. The molecule has 0 unspecified atom stereocenters. The van der Waals surface area contributed by atoms with Crippen LogP contribution in [-0.2, 0) is 0 Å². The maximum atomic E-state index is 8.76. The van der Waals surface area contributed by atoms with E-state index < -0.39 is 8.40 Å². The second kappa shape index (κ2) is 6.12. The van der Waals surface area contributed by atoms with Crippen LogP contribution in [0.5, 0.6) is 0 Å². The van der Waals surface area contributed by atoms with Crippen molar-refractivity contribution in [1.29, 1.82) is 5.26 Å². The lowest BCUT2D eigenvalue weighted by Crippen LogP contribution is -2.07. The van der Waals surface area contributed by atoms with Crippen molar-refractivity contribution in [1.82, 2.24) is 0 Å². The summed E-state index contributed by atoms with van der Waals surface area (Å²) in [4.78, 5) is 2.09. The molecule has 0 aliphatic heterocycles. The molecule has 2 nitrogen and oxygen atoms in total. The number of hydrogen-bond donors (Lipinski definition) is 0. The fourth-order valence-corrected chi connectivity index (χ4v) is 3.21. The molecule has 0 saturated carbocycles. The highest BCUT2D eigenvalue weighted by atomic mass is 28.2. The lowest BCUT2D eigenvalue weighted by Gasteiger charge is -2.11. The van der Waals surface area contributed by atoms with E-state index in [1.54, 1.807) is 0 Å². The standard InChI is InChI=1S/C16H16N2Si/c1-18(2)16-5-3-14(4-6-16)7-10-19-11-8-15(13-17)9-12-19/h3-12H,1-2H3/b10-7+. The van der Waals surface area contributed by atoms with Crippen molar-refractivity contribution in [3.8, 4) is 6.07 Å². The van der Waals surface area contributed by atoms with Gasteiger partial charge in [0.2, 0.25) is 0 Å². The van der Waals surface area contributed by atoms with Gasteiger partial charge in [-0.1, -0.05) is 35.3 Å². The normalized spacial score (nSPS) is 10.4. The van der Waals surface area contributed by atoms with Crippen molar-refractivity contribution < 1.29 is 0 Å². The third kappa shape index (κ3) is 3.64. The van der Waals surface area contributed by atoms with Crippen LogP contribution in [0.25, 0.3) is 11.8 Å². The molecule has 0 saturated heterocycles. The highest BCUT2D eigenvalue weighted by Gasteiger charge is 1.94. The quantitative estimate of drug-likeness (QED) is 0.796. The van der Waals surface area contributed by atoms with Crippen LogP contribution in [0.4, 0.5) is 5.69 Å². The Kier molecular flexibility index (Phi) is 4.27. The summed E-state index contributed by atoms with van der Waals surface area (Å²) < 4.78 is 0. The Labute approximate surface area is 115 Å². The van der Waals surface area contributed by atoms with Gasteiger partial charge in [0, 0.05) is 19.8 Å². The molecule has 3 heteroatoms. The second-order valence-electron chi connectivity index (χ2n) is 4.55. The number of nitrogens with zero attached hydrogens (tertiary/aromatic N) is 2. The van der Waals surface area contributed by atoms with Crippen LogP contribution >= 0.6 is 0 Å². The minimum Gasteiger partial charge on any atom is -0.378 e. The number of nitriles is 1. The summed E-state index contributed by atoms with van der Waals surface area (Å²) in [7, 11) is 3.34. The average Bonchev–Trinajstić information content (AvgIpc) is 2.46. The SMILES string of the molecule is CN(C)c1ccc(/C=C/[si]2ccc(C#N)cc2)cc1. The van der Waals surface area contributed by atoms with Crippen LogP contribution in [0, 0.1) is 11.3 Å². The van der Waals surface area contributed by atoms with E-state index in [0.29, 0.717) is 0 Å². The summed E-state index contributed by atoms with van der Waals surface area (Å²) in [6, 6.07) is 14.4. The molecule has 94 valence electrons. The first kappa shape index (κ1) is 13.3. The summed E-state index contributed by atoms with van der Waals surface area (Å²) in [5, 5.41) is 8.76. The van der Waals surface area contributed by atoms with Crippen LogP contribution in [-0.4, -0.2) is 22.5 Å². The molecule has 0 bridgehead atoms. The van der Waals surface area contributed by atoms with Gasteiger partial charge in [-0.15, -0.1) is 0 Å².